The molecule has 47 heavy (non-hydrogen) atoms. The van der Waals surface area contributed by atoms with E-state index in [0.717, 1.165) is 59.3 Å². The number of para-hydroxylation sites is 2. The van der Waals surface area contributed by atoms with Crippen LogP contribution in [0.25, 0.3) is 0 Å². The number of hydrogen-bond donors (Lipinski definition) is 1. The number of fused-ring (bicyclic) bond motifs is 2. The number of Topliss-reactive ketones (excluding diaryl/α,β-unsaturated/α-hetero) is 1. The van der Waals surface area contributed by atoms with Crippen molar-refractivity contribution < 1.29 is 28.6 Å². The number of ether oxygens (including phenoxy) is 3. The van der Waals surface area contributed by atoms with Gasteiger partial charge in [0, 0.05) is 50.4 Å². The van der Waals surface area contributed by atoms with Crippen molar-refractivity contribution in [2.75, 3.05) is 56.8 Å². The summed E-state index contributed by atoms with van der Waals surface area (Å²) in [5, 5.41) is 3.61. The number of amides is 1. The van der Waals surface area contributed by atoms with Gasteiger partial charge in [0.15, 0.2) is 17.3 Å². The third kappa shape index (κ3) is 6.17. The van der Waals surface area contributed by atoms with Gasteiger partial charge in [-0.3, -0.25) is 14.5 Å². The zero-order chi connectivity index (χ0) is 32.7. The molecule has 7 rings (SSSR count). The Balaban J connectivity index is 1.16. The molecular weight excluding hydrogens is 596 g/mol. The number of piperazine rings is 1. The molecule has 10 heteroatoms. The average Bonchev–Trinajstić information content (AvgIpc) is 3.48. The summed E-state index contributed by atoms with van der Waals surface area (Å²) in [5.74, 6) is 1.19. The fraction of sp³-hybridized carbons (Fsp3) is 0.378. The van der Waals surface area contributed by atoms with E-state index < -0.39 is 12.0 Å². The number of benzene rings is 3. The van der Waals surface area contributed by atoms with Crippen LogP contribution in [0.15, 0.2) is 78.0 Å². The molecule has 0 spiro atoms. The predicted octanol–water partition coefficient (Wildman–Crippen LogP) is 5.16. The second-order valence-electron chi connectivity index (χ2n) is 13.5. The van der Waals surface area contributed by atoms with E-state index in [4.69, 9.17) is 14.2 Å². The largest absolute Gasteiger partial charge is 0.465 e. The van der Waals surface area contributed by atoms with Gasteiger partial charge >= 0.3 is 5.97 Å². The summed E-state index contributed by atoms with van der Waals surface area (Å²) in [7, 11) is 1.36. The van der Waals surface area contributed by atoms with Crippen molar-refractivity contribution >= 4 is 29.0 Å². The van der Waals surface area contributed by atoms with Crippen molar-refractivity contribution in [1.29, 1.82) is 0 Å². The van der Waals surface area contributed by atoms with Crippen LogP contribution in [-0.2, 0) is 20.9 Å². The number of nitrogens with one attached hydrogen (secondary N) is 1. The molecule has 1 aliphatic carbocycles. The first-order valence-electron chi connectivity index (χ1n) is 16.1. The fourth-order valence-corrected chi connectivity index (χ4v) is 7.19. The van der Waals surface area contributed by atoms with E-state index in [2.05, 4.69) is 35.0 Å². The van der Waals surface area contributed by atoms with Gasteiger partial charge in [-0.1, -0.05) is 44.2 Å². The van der Waals surface area contributed by atoms with Crippen LogP contribution in [0.2, 0.25) is 0 Å². The molecule has 1 saturated heterocycles. The van der Waals surface area contributed by atoms with Crippen LogP contribution in [0, 0.1) is 5.41 Å². The van der Waals surface area contributed by atoms with Crippen LogP contribution in [0.4, 0.5) is 11.4 Å². The smallest absolute Gasteiger partial charge is 0.337 e. The molecule has 0 bridgehead atoms. The SMILES string of the molecule is COC(=O)c1ccc(C2C3=C(CC(C)(C)CC3=O)Nc3ccccc3N2CC(=O)N2CCN(Cc3ccc4c(c3)OCO4)CC2)cc1. The number of allylic oxidation sites excluding steroid dienone is 1. The lowest BCUT2D eigenvalue weighted by Gasteiger charge is -2.40. The molecule has 3 heterocycles. The van der Waals surface area contributed by atoms with Crippen LogP contribution >= 0.6 is 0 Å². The Bertz CT molecular complexity index is 1740. The fourth-order valence-electron chi connectivity index (χ4n) is 7.19. The average molecular weight is 637 g/mol. The van der Waals surface area contributed by atoms with Gasteiger partial charge in [0.2, 0.25) is 12.7 Å². The Kier molecular flexibility index (Phi) is 8.13. The number of rotatable bonds is 6. The van der Waals surface area contributed by atoms with Crippen LogP contribution < -0.4 is 19.7 Å². The summed E-state index contributed by atoms with van der Waals surface area (Å²) in [6.07, 6.45) is 1.11. The Morgan fingerprint density at radius 1 is 0.936 bits per heavy atom. The molecule has 3 aliphatic heterocycles. The van der Waals surface area contributed by atoms with Crippen LogP contribution in [0.1, 0.15) is 54.2 Å². The van der Waals surface area contributed by atoms with Gasteiger partial charge in [0.25, 0.3) is 0 Å². The van der Waals surface area contributed by atoms with Crippen molar-refractivity contribution in [3.8, 4) is 11.5 Å². The Morgan fingerprint density at radius 2 is 1.68 bits per heavy atom. The molecule has 1 N–H and O–H groups in total. The molecule has 0 saturated carbocycles. The Morgan fingerprint density at radius 3 is 2.45 bits per heavy atom. The monoisotopic (exact) mass is 636 g/mol. The normalized spacial score (nSPS) is 20.2. The lowest BCUT2D eigenvalue weighted by Crippen LogP contribution is -2.51. The minimum atomic E-state index is -0.521. The van der Waals surface area contributed by atoms with Gasteiger partial charge in [0.1, 0.15) is 0 Å². The van der Waals surface area contributed by atoms with E-state index in [0.29, 0.717) is 37.1 Å². The van der Waals surface area contributed by atoms with Crippen molar-refractivity contribution in [2.24, 2.45) is 5.41 Å². The first kappa shape index (κ1) is 30.8. The number of methoxy groups -OCH3 is 1. The summed E-state index contributed by atoms with van der Waals surface area (Å²) >= 11 is 0. The molecule has 0 radical (unpaired) electrons. The van der Waals surface area contributed by atoms with Gasteiger partial charge < -0.3 is 29.3 Å². The second kappa shape index (κ2) is 12.4. The van der Waals surface area contributed by atoms with Gasteiger partial charge in [0.05, 0.1) is 36.6 Å². The summed E-state index contributed by atoms with van der Waals surface area (Å²) in [4.78, 5) is 46.8. The highest BCUT2D eigenvalue weighted by atomic mass is 16.7. The highest BCUT2D eigenvalue weighted by Gasteiger charge is 2.42. The maximum absolute atomic E-state index is 14.1. The number of carbonyl (C=O) groups is 3. The van der Waals surface area contributed by atoms with E-state index in [9.17, 15) is 14.4 Å². The molecule has 1 fully saturated rings. The molecule has 0 aromatic heterocycles. The summed E-state index contributed by atoms with van der Waals surface area (Å²) in [5.41, 5.74) is 5.47. The Labute approximate surface area is 274 Å². The quantitative estimate of drug-likeness (QED) is 0.368. The van der Waals surface area contributed by atoms with Gasteiger partial charge in [-0.2, -0.15) is 0 Å². The summed E-state index contributed by atoms with van der Waals surface area (Å²) in [6, 6.07) is 20.6. The number of hydrogen-bond acceptors (Lipinski definition) is 9. The first-order chi connectivity index (χ1) is 22.7. The van der Waals surface area contributed by atoms with Crippen LogP contribution in [-0.4, -0.2) is 74.1 Å². The van der Waals surface area contributed by atoms with Crippen molar-refractivity contribution in [2.45, 2.75) is 39.3 Å². The number of ketones is 1. The highest BCUT2D eigenvalue weighted by Crippen LogP contribution is 2.48. The van der Waals surface area contributed by atoms with E-state index in [1.54, 1.807) is 12.1 Å². The van der Waals surface area contributed by atoms with Crippen LogP contribution in [0.3, 0.4) is 0 Å². The first-order valence-corrected chi connectivity index (χ1v) is 16.1. The summed E-state index contributed by atoms with van der Waals surface area (Å²) < 4.78 is 15.9. The second-order valence-corrected chi connectivity index (χ2v) is 13.5. The van der Waals surface area contributed by atoms with Gasteiger partial charge in [-0.15, -0.1) is 0 Å². The minimum absolute atomic E-state index is 0.00588. The number of esters is 1. The third-order valence-corrected chi connectivity index (χ3v) is 9.53. The maximum atomic E-state index is 14.1. The Hall–Kier alpha value is -4.83. The molecule has 244 valence electrons. The zero-order valence-corrected chi connectivity index (χ0v) is 27.1. The van der Waals surface area contributed by atoms with Gasteiger partial charge in [-0.05, 0) is 59.4 Å². The molecule has 1 amide bonds. The topological polar surface area (TPSA) is 101 Å². The molecular formula is C37H40N4O6. The molecule has 3 aromatic rings. The third-order valence-electron chi connectivity index (χ3n) is 9.53. The number of nitrogens with zero attached hydrogens (tertiary/aromatic N) is 3. The van der Waals surface area contributed by atoms with Crippen molar-refractivity contribution in [1.82, 2.24) is 9.80 Å². The lowest BCUT2D eigenvalue weighted by molar-refractivity contribution is -0.131. The molecule has 10 nitrogen and oxygen atoms in total. The zero-order valence-electron chi connectivity index (χ0n) is 27.1. The number of carbonyl (C=O) groups excluding carboxylic acids is 3. The molecule has 1 unspecified atom stereocenters. The van der Waals surface area contributed by atoms with Crippen LogP contribution in [0.5, 0.6) is 11.5 Å². The van der Waals surface area contributed by atoms with E-state index in [1.807, 2.05) is 53.4 Å². The standard InChI is InChI=1S/C37H40N4O6/c1-37(2)19-28-34(30(42)20-37)35(25-9-11-26(12-10-25)36(44)45-3)41(29-7-5-4-6-27(29)38-28)22-33(43)40-16-14-39(15-17-40)21-24-8-13-31-32(18-24)47-23-46-31/h4-13,18,35,38H,14-17,19-23H2,1-3H3. The summed E-state index contributed by atoms with van der Waals surface area (Å²) in [6.45, 7) is 8.05. The van der Waals surface area contributed by atoms with E-state index >= 15 is 0 Å². The minimum Gasteiger partial charge on any atom is -0.465 e. The van der Waals surface area contributed by atoms with E-state index in [-0.39, 0.29) is 30.4 Å². The van der Waals surface area contributed by atoms with Crippen molar-refractivity contribution in [3.05, 3.63) is 94.7 Å². The van der Waals surface area contributed by atoms with E-state index in [1.165, 1.54) is 7.11 Å². The molecule has 4 aliphatic rings. The van der Waals surface area contributed by atoms with Crippen molar-refractivity contribution in [3.63, 3.8) is 0 Å². The van der Waals surface area contributed by atoms with Gasteiger partial charge in [-0.25, -0.2) is 4.79 Å². The predicted molar refractivity (Wildman–Crippen MR) is 177 cm³/mol. The number of anilines is 2. The maximum Gasteiger partial charge on any atom is 0.337 e. The lowest BCUT2D eigenvalue weighted by atomic mass is 9.73. The molecule has 3 aromatic carbocycles. The highest BCUT2D eigenvalue weighted by molar-refractivity contribution is 6.02. The molecule has 1 atom stereocenters.